The average molecular weight is 575 g/mol. The highest BCUT2D eigenvalue weighted by Gasteiger charge is 2.12. The van der Waals surface area contributed by atoms with E-state index in [1.165, 1.54) is 24.4 Å². The average Bonchev–Trinajstić information content (AvgIpc) is 2.84. The van der Waals surface area contributed by atoms with Crippen LogP contribution in [0.1, 0.15) is 27.9 Å². The zero-order valence-corrected chi connectivity index (χ0v) is 20.5. The first-order chi connectivity index (χ1) is 16.5. The van der Waals surface area contributed by atoms with Crippen LogP contribution in [0.25, 0.3) is 0 Å². The molecule has 0 saturated heterocycles. The van der Waals surface area contributed by atoms with E-state index in [0.717, 1.165) is 9.13 Å². The van der Waals surface area contributed by atoms with Crippen LogP contribution in [-0.4, -0.2) is 31.7 Å². The summed E-state index contributed by atoms with van der Waals surface area (Å²) in [7, 11) is 1.55. The molecule has 2 amide bonds. The number of amides is 2. The molecule has 0 spiro atoms. The van der Waals surface area contributed by atoms with Crippen molar-refractivity contribution in [1.29, 1.82) is 0 Å². The number of carbonyl (C=O) groups is 2. The smallest absolute Gasteiger partial charge is 0.254 e. The largest absolute Gasteiger partial charge is 0.493 e. The summed E-state index contributed by atoms with van der Waals surface area (Å²) in [5.74, 6) is -0.416. The van der Waals surface area contributed by atoms with Gasteiger partial charge < -0.3 is 14.8 Å². The van der Waals surface area contributed by atoms with Gasteiger partial charge in [0.1, 0.15) is 12.4 Å². The lowest BCUT2D eigenvalue weighted by molar-refractivity contribution is -0.120. The van der Waals surface area contributed by atoms with Gasteiger partial charge in [-0.2, -0.15) is 5.10 Å². The maximum absolute atomic E-state index is 13.6. The van der Waals surface area contributed by atoms with E-state index in [2.05, 4.69) is 38.4 Å². The molecule has 0 aliphatic carbocycles. The van der Waals surface area contributed by atoms with Gasteiger partial charge in [0.05, 0.1) is 22.5 Å². The van der Waals surface area contributed by atoms with Gasteiger partial charge in [-0.25, -0.2) is 9.82 Å². The molecule has 0 aromatic heterocycles. The van der Waals surface area contributed by atoms with Crippen molar-refractivity contribution in [1.82, 2.24) is 10.7 Å². The van der Waals surface area contributed by atoms with Gasteiger partial charge in [0.25, 0.3) is 5.91 Å². The monoisotopic (exact) mass is 575 g/mol. The second-order valence-electron chi connectivity index (χ2n) is 7.09. The van der Waals surface area contributed by atoms with Crippen LogP contribution in [0.5, 0.6) is 11.5 Å². The van der Waals surface area contributed by atoms with Crippen LogP contribution in [0.4, 0.5) is 4.39 Å². The number of hydrogen-bond donors (Lipinski definition) is 2. The molecule has 0 aliphatic rings. The van der Waals surface area contributed by atoms with Crippen LogP contribution < -0.4 is 20.2 Å². The van der Waals surface area contributed by atoms with Gasteiger partial charge in [-0.1, -0.05) is 42.5 Å². The van der Waals surface area contributed by atoms with E-state index < -0.39 is 17.6 Å². The number of carbonyl (C=O) groups excluding carboxylic acids is 2. The van der Waals surface area contributed by atoms with Crippen LogP contribution in [0, 0.1) is 9.39 Å². The number of nitrogens with zero attached hydrogens (tertiary/aromatic N) is 1. The fourth-order valence-electron chi connectivity index (χ4n) is 2.95. The quantitative estimate of drug-likeness (QED) is 0.215. The Kier molecular flexibility index (Phi) is 9.39. The minimum atomic E-state index is -0.615. The summed E-state index contributed by atoms with van der Waals surface area (Å²) < 4.78 is 25.8. The molecule has 0 unspecified atom stereocenters. The molecule has 0 heterocycles. The first kappa shape index (κ1) is 25.2. The van der Waals surface area contributed by atoms with E-state index in [1.54, 1.807) is 19.2 Å². The van der Waals surface area contributed by atoms with Crippen molar-refractivity contribution in [2.75, 3.05) is 13.7 Å². The summed E-state index contributed by atoms with van der Waals surface area (Å²) in [6, 6.07) is 19.1. The number of halogens is 2. The highest BCUT2D eigenvalue weighted by Crippen LogP contribution is 2.34. The highest BCUT2D eigenvalue weighted by molar-refractivity contribution is 14.1. The van der Waals surface area contributed by atoms with E-state index in [4.69, 9.17) is 9.47 Å². The van der Waals surface area contributed by atoms with Crippen LogP contribution in [0.2, 0.25) is 0 Å². The molecule has 34 heavy (non-hydrogen) atoms. The first-order valence-electron chi connectivity index (χ1n) is 10.4. The van der Waals surface area contributed by atoms with Gasteiger partial charge in [0.15, 0.2) is 11.5 Å². The molecule has 176 valence electrons. The summed E-state index contributed by atoms with van der Waals surface area (Å²) in [5, 5.41) is 6.46. The van der Waals surface area contributed by atoms with Crippen molar-refractivity contribution in [3.05, 3.63) is 92.8 Å². The van der Waals surface area contributed by atoms with Crippen molar-refractivity contribution in [3.8, 4) is 11.5 Å². The summed E-state index contributed by atoms with van der Waals surface area (Å²) in [6.45, 7) is 0.456. The molecule has 0 saturated carbocycles. The number of hydrazone groups is 1. The molecule has 7 nitrogen and oxygen atoms in total. The van der Waals surface area contributed by atoms with Gasteiger partial charge in [0.2, 0.25) is 5.91 Å². The predicted molar refractivity (Wildman–Crippen MR) is 136 cm³/mol. The molecule has 2 N–H and O–H groups in total. The minimum absolute atomic E-state index is 0.00927. The van der Waals surface area contributed by atoms with E-state index >= 15 is 0 Å². The first-order valence-corrected chi connectivity index (χ1v) is 11.4. The second-order valence-corrected chi connectivity index (χ2v) is 8.25. The van der Waals surface area contributed by atoms with Gasteiger partial charge >= 0.3 is 0 Å². The topological polar surface area (TPSA) is 89.0 Å². The second kappa shape index (κ2) is 12.7. The summed E-state index contributed by atoms with van der Waals surface area (Å²) in [6.07, 6.45) is 1.48. The normalized spacial score (nSPS) is 10.7. The zero-order valence-electron chi connectivity index (χ0n) is 18.4. The third kappa shape index (κ3) is 7.27. The molecule has 3 aromatic carbocycles. The van der Waals surface area contributed by atoms with Crippen molar-refractivity contribution >= 4 is 40.6 Å². The number of hydrogen-bond acceptors (Lipinski definition) is 5. The van der Waals surface area contributed by atoms with E-state index in [0.29, 0.717) is 23.7 Å². The number of nitrogens with one attached hydrogen (secondary N) is 2. The van der Waals surface area contributed by atoms with E-state index in [9.17, 15) is 14.0 Å². The fourth-order valence-corrected chi connectivity index (χ4v) is 3.73. The zero-order chi connectivity index (χ0) is 24.3. The molecule has 0 aliphatic heterocycles. The van der Waals surface area contributed by atoms with Crippen LogP contribution in [0.3, 0.4) is 0 Å². The summed E-state index contributed by atoms with van der Waals surface area (Å²) in [5.41, 5.74) is 4.09. The summed E-state index contributed by atoms with van der Waals surface area (Å²) in [4.78, 5) is 23.9. The third-order valence-electron chi connectivity index (χ3n) is 4.64. The molecular weight excluding hydrogens is 552 g/mol. The Balaban J connectivity index is 1.50. The fraction of sp³-hybridized carbons (Fsp3) is 0.160. The third-order valence-corrected chi connectivity index (χ3v) is 5.44. The molecular formula is C25H23FIN3O4. The Labute approximate surface area is 210 Å². The van der Waals surface area contributed by atoms with Crippen molar-refractivity contribution in [3.63, 3.8) is 0 Å². The number of methoxy groups -OCH3 is 1. The Bertz CT molecular complexity index is 1170. The SMILES string of the molecule is COc1cc(C=NNC(=O)CCNC(=O)c2ccccc2F)cc(I)c1OCc1ccccc1. The lowest BCUT2D eigenvalue weighted by Crippen LogP contribution is -2.29. The molecule has 0 radical (unpaired) electrons. The van der Waals surface area contributed by atoms with Gasteiger partial charge in [-0.05, 0) is 58.0 Å². The van der Waals surface area contributed by atoms with E-state index in [1.807, 2.05) is 36.4 Å². The van der Waals surface area contributed by atoms with Gasteiger partial charge in [-0.15, -0.1) is 0 Å². The molecule has 0 fully saturated rings. The lowest BCUT2D eigenvalue weighted by Gasteiger charge is -2.13. The Hall–Kier alpha value is -3.47. The lowest BCUT2D eigenvalue weighted by atomic mass is 10.2. The number of ether oxygens (including phenoxy) is 2. The standard InChI is InChI=1S/C25H23FIN3O4/c1-33-22-14-18(13-21(27)24(22)34-16-17-7-3-2-4-8-17)15-29-30-23(31)11-12-28-25(32)19-9-5-6-10-20(19)26/h2-10,13-15H,11-12,16H2,1H3,(H,28,32)(H,30,31). The Morgan fingerprint density at radius 2 is 1.82 bits per heavy atom. The van der Waals surface area contributed by atoms with Crippen LogP contribution in [0.15, 0.2) is 71.8 Å². The molecule has 9 heteroatoms. The highest BCUT2D eigenvalue weighted by atomic mass is 127. The van der Waals surface area contributed by atoms with Crippen molar-refractivity contribution in [2.45, 2.75) is 13.0 Å². The molecule has 3 rings (SSSR count). The molecule has 0 atom stereocenters. The maximum atomic E-state index is 13.6. The van der Waals surface area contributed by atoms with Gasteiger partial charge in [0, 0.05) is 13.0 Å². The molecule has 3 aromatic rings. The predicted octanol–water partition coefficient (Wildman–Crippen LogP) is 4.29. The van der Waals surface area contributed by atoms with Gasteiger partial charge in [-0.3, -0.25) is 9.59 Å². The minimum Gasteiger partial charge on any atom is -0.493 e. The number of benzene rings is 3. The maximum Gasteiger partial charge on any atom is 0.254 e. The summed E-state index contributed by atoms with van der Waals surface area (Å²) >= 11 is 2.15. The van der Waals surface area contributed by atoms with Crippen molar-refractivity contribution < 1.29 is 23.5 Å². The number of rotatable bonds is 10. The van der Waals surface area contributed by atoms with E-state index in [-0.39, 0.29) is 18.5 Å². The van der Waals surface area contributed by atoms with Crippen LogP contribution >= 0.6 is 22.6 Å². The Morgan fingerprint density at radius 3 is 2.56 bits per heavy atom. The van der Waals surface area contributed by atoms with Crippen LogP contribution in [-0.2, 0) is 11.4 Å². The Morgan fingerprint density at radius 1 is 1.09 bits per heavy atom. The van der Waals surface area contributed by atoms with Crippen molar-refractivity contribution in [2.24, 2.45) is 5.10 Å². The molecule has 0 bridgehead atoms.